The van der Waals surface area contributed by atoms with Crippen molar-refractivity contribution in [1.82, 2.24) is 5.32 Å². The van der Waals surface area contributed by atoms with Gasteiger partial charge in [0.05, 0.1) is 0 Å². The van der Waals surface area contributed by atoms with E-state index >= 15 is 0 Å². The van der Waals surface area contributed by atoms with Gasteiger partial charge in [-0.3, -0.25) is 0 Å². The predicted octanol–water partition coefficient (Wildman–Crippen LogP) is 4.93. The predicted molar refractivity (Wildman–Crippen MR) is 93.0 cm³/mol. The molecule has 0 rings (SSSR count). The molecule has 0 amide bonds. The fraction of sp³-hybridized carbons (Fsp3) is 0.588. The molecule has 3 heteroatoms. The van der Waals surface area contributed by atoms with E-state index in [-0.39, 0.29) is 0 Å². The van der Waals surface area contributed by atoms with Crippen LogP contribution in [0.2, 0.25) is 0 Å². The Kier molecular flexibility index (Phi) is 11.1. The summed E-state index contributed by atoms with van der Waals surface area (Å²) in [6.07, 6.45) is 11.2. The second-order valence-corrected chi connectivity index (χ2v) is 5.68. The first-order chi connectivity index (χ1) is 9.45. The van der Waals surface area contributed by atoms with Gasteiger partial charge in [-0.1, -0.05) is 28.9 Å². The number of nitrogens with one attached hydrogen (secondary N) is 1. The van der Waals surface area contributed by atoms with Crippen molar-refractivity contribution in [3.8, 4) is 0 Å². The molecular weight excluding hydrogens is 266 g/mol. The molecule has 2 nitrogen and oxygen atoms in total. The highest BCUT2D eigenvalue weighted by molar-refractivity contribution is 7.80. The van der Waals surface area contributed by atoms with Crippen molar-refractivity contribution in [2.45, 2.75) is 53.4 Å². The summed E-state index contributed by atoms with van der Waals surface area (Å²) in [7, 11) is 1.77. The molecule has 0 bridgehead atoms. The molecule has 1 N–H and O–H groups in total. The minimum absolute atomic E-state index is 0.448. The lowest BCUT2D eigenvalue weighted by Gasteiger charge is -2.04. The van der Waals surface area contributed by atoms with E-state index in [1.807, 2.05) is 0 Å². The van der Waals surface area contributed by atoms with Gasteiger partial charge in [-0.05, 0) is 71.7 Å². The SMILES string of the molecule is CNC(=S)OCC=C(C)CCC=C(C)CCC=C(C)C. The van der Waals surface area contributed by atoms with Crippen LogP contribution in [0.15, 0.2) is 34.9 Å². The third-order valence-corrected chi connectivity index (χ3v) is 3.30. The maximum atomic E-state index is 5.29. The van der Waals surface area contributed by atoms with Gasteiger partial charge in [-0.15, -0.1) is 0 Å². The molecule has 0 aliphatic carbocycles. The molecule has 0 saturated heterocycles. The second-order valence-electron chi connectivity index (χ2n) is 5.31. The van der Waals surface area contributed by atoms with Gasteiger partial charge in [-0.25, -0.2) is 0 Å². The summed E-state index contributed by atoms with van der Waals surface area (Å²) < 4.78 is 5.29. The van der Waals surface area contributed by atoms with E-state index in [0.717, 1.165) is 25.7 Å². The second kappa shape index (κ2) is 11.7. The first kappa shape index (κ1) is 18.9. The van der Waals surface area contributed by atoms with E-state index in [9.17, 15) is 0 Å². The molecule has 0 heterocycles. The summed E-state index contributed by atoms with van der Waals surface area (Å²) in [5.74, 6) is 0. The van der Waals surface area contributed by atoms with Gasteiger partial charge in [-0.2, -0.15) is 0 Å². The average molecular weight is 295 g/mol. The quantitative estimate of drug-likeness (QED) is 0.507. The van der Waals surface area contributed by atoms with Crippen LogP contribution in [0, 0.1) is 0 Å². The molecule has 0 radical (unpaired) electrons. The molecule has 0 fully saturated rings. The third kappa shape index (κ3) is 12.0. The van der Waals surface area contributed by atoms with Crippen molar-refractivity contribution in [2.75, 3.05) is 13.7 Å². The lowest BCUT2D eigenvalue weighted by Crippen LogP contribution is -2.18. The van der Waals surface area contributed by atoms with E-state index < -0.39 is 0 Å². The summed E-state index contributed by atoms with van der Waals surface area (Å²) in [5, 5.41) is 3.24. The first-order valence-corrected chi connectivity index (χ1v) is 7.65. The van der Waals surface area contributed by atoms with Gasteiger partial charge in [0.15, 0.2) is 0 Å². The van der Waals surface area contributed by atoms with Crippen LogP contribution in [0.3, 0.4) is 0 Å². The molecular formula is C17H29NOS. The zero-order valence-electron chi connectivity index (χ0n) is 13.6. The molecule has 0 aromatic carbocycles. The molecule has 0 saturated carbocycles. The van der Waals surface area contributed by atoms with Crippen LogP contribution in [-0.4, -0.2) is 18.8 Å². The number of hydrogen-bond donors (Lipinski definition) is 1. The Morgan fingerprint density at radius 3 is 2.05 bits per heavy atom. The van der Waals surface area contributed by atoms with Crippen LogP contribution >= 0.6 is 12.2 Å². The molecule has 0 spiro atoms. The zero-order chi connectivity index (χ0) is 15.4. The Hall–Kier alpha value is -1.09. The van der Waals surface area contributed by atoms with E-state index in [1.54, 1.807) is 7.05 Å². The van der Waals surface area contributed by atoms with Crippen LogP contribution < -0.4 is 5.32 Å². The minimum atomic E-state index is 0.448. The summed E-state index contributed by atoms with van der Waals surface area (Å²) in [4.78, 5) is 0. The van der Waals surface area contributed by atoms with Gasteiger partial charge in [0.1, 0.15) is 6.61 Å². The van der Waals surface area contributed by atoms with Crippen molar-refractivity contribution >= 4 is 17.4 Å². The Morgan fingerprint density at radius 2 is 1.50 bits per heavy atom. The standard InChI is InChI=1S/C17H29NOS/c1-14(2)8-6-9-15(3)10-7-11-16(4)12-13-19-17(20)18-5/h8,10,12H,6-7,9,11,13H2,1-5H3,(H,18,20). The Labute approximate surface area is 130 Å². The van der Waals surface area contributed by atoms with Crippen LogP contribution in [0.25, 0.3) is 0 Å². The molecule has 0 aromatic rings. The van der Waals surface area contributed by atoms with E-state index in [4.69, 9.17) is 17.0 Å². The van der Waals surface area contributed by atoms with Crippen molar-refractivity contribution in [3.05, 3.63) is 34.9 Å². The summed E-state index contributed by atoms with van der Waals surface area (Å²) >= 11 is 4.91. The molecule has 0 atom stereocenters. The summed E-state index contributed by atoms with van der Waals surface area (Å²) in [5.41, 5.74) is 4.22. The van der Waals surface area contributed by atoms with Crippen molar-refractivity contribution in [2.24, 2.45) is 0 Å². The topological polar surface area (TPSA) is 21.3 Å². The van der Waals surface area contributed by atoms with Gasteiger partial charge in [0.25, 0.3) is 5.17 Å². The molecule has 0 aliphatic heterocycles. The third-order valence-electron chi connectivity index (χ3n) is 2.97. The van der Waals surface area contributed by atoms with Crippen molar-refractivity contribution in [1.29, 1.82) is 0 Å². The highest BCUT2D eigenvalue weighted by Gasteiger charge is 1.93. The highest BCUT2D eigenvalue weighted by atomic mass is 32.1. The fourth-order valence-electron chi connectivity index (χ4n) is 1.67. The summed E-state index contributed by atoms with van der Waals surface area (Å²) in [6, 6.07) is 0. The Balaban J connectivity index is 3.88. The number of allylic oxidation sites excluding steroid dienone is 5. The fourth-order valence-corrected chi connectivity index (χ4v) is 1.74. The van der Waals surface area contributed by atoms with E-state index in [1.165, 1.54) is 16.7 Å². The lowest BCUT2D eigenvalue weighted by molar-refractivity contribution is 0.345. The normalized spacial score (nSPS) is 12.1. The molecule has 20 heavy (non-hydrogen) atoms. The van der Waals surface area contributed by atoms with Crippen LogP contribution in [0.1, 0.15) is 53.4 Å². The van der Waals surface area contributed by atoms with Crippen LogP contribution in [0.4, 0.5) is 0 Å². The minimum Gasteiger partial charge on any atom is -0.467 e. The maximum absolute atomic E-state index is 5.29. The van der Waals surface area contributed by atoms with Crippen molar-refractivity contribution in [3.63, 3.8) is 0 Å². The summed E-state index contributed by atoms with van der Waals surface area (Å²) in [6.45, 7) is 9.20. The van der Waals surface area contributed by atoms with E-state index in [2.05, 4.69) is 51.2 Å². The van der Waals surface area contributed by atoms with E-state index in [0.29, 0.717) is 11.8 Å². The number of rotatable bonds is 8. The van der Waals surface area contributed by atoms with Gasteiger partial charge >= 0.3 is 0 Å². The number of hydrogen-bond acceptors (Lipinski definition) is 2. The monoisotopic (exact) mass is 295 g/mol. The van der Waals surface area contributed by atoms with Crippen LogP contribution in [-0.2, 0) is 4.74 Å². The largest absolute Gasteiger partial charge is 0.467 e. The van der Waals surface area contributed by atoms with Gasteiger partial charge < -0.3 is 10.1 Å². The molecule has 114 valence electrons. The highest BCUT2D eigenvalue weighted by Crippen LogP contribution is 2.11. The zero-order valence-corrected chi connectivity index (χ0v) is 14.4. The Bertz CT molecular complexity index is 376. The maximum Gasteiger partial charge on any atom is 0.256 e. The Morgan fingerprint density at radius 1 is 0.950 bits per heavy atom. The van der Waals surface area contributed by atoms with Crippen molar-refractivity contribution < 1.29 is 4.74 Å². The van der Waals surface area contributed by atoms with Crippen LogP contribution in [0.5, 0.6) is 0 Å². The smallest absolute Gasteiger partial charge is 0.256 e. The number of ether oxygens (including phenoxy) is 1. The molecule has 0 unspecified atom stereocenters. The van der Waals surface area contributed by atoms with Gasteiger partial charge in [0, 0.05) is 7.05 Å². The first-order valence-electron chi connectivity index (χ1n) is 7.24. The number of thiocarbonyl (C=S) groups is 1. The average Bonchev–Trinajstić information content (AvgIpc) is 2.38. The molecule has 0 aliphatic rings. The molecule has 0 aromatic heterocycles. The van der Waals surface area contributed by atoms with Gasteiger partial charge in [0.2, 0.25) is 0 Å². The lowest BCUT2D eigenvalue weighted by atomic mass is 10.1.